The predicted octanol–water partition coefficient (Wildman–Crippen LogP) is 1.47. The Morgan fingerprint density at radius 1 is 1.63 bits per heavy atom. The molecule has 1 atom stereocenters. The van der Waals surface area contributed by atoms with E-state index < -0.39 is 0 Å². The Morgan fingerprint density at radius 3 is 3.00 bits per heavy atom. The predicted molar refractivity (Wildman–Crippen MR) is 67.4 cm³/mol. The van der Waals surface area contributed by atoms with Gasteiger partial charge in [0.15, 0.2) is 5.82 Å². The summed E-state index contributed by atoms with van der Waals surface area (Å²) in [4.78, 5) is 17.6. The molecule has 7 nitrogen and oxygen atoms in total. The quantitative estimate of drug-likeness (QED) is 0.845. The zero-order valence-electron chi connectivity index (χ0n) is 11.5. The molecule has 19 heavy (non-hydrogen) atoms. The second-order valence-corrected chi connectivity index (χ2v) is 4.64. The van der Waals surface area contributed by atoms with E-state index in [1.54, 1.807) is 11.9 Å². The third-order valence-electron chi connectivity index (χ3n) is 3.07. The first-order valence-corrected chi connectivity index (χ1v) is 6.56. The van der Waals surface area contributed by atoms with Gasteiger partial charge in [-0.25, -0.2) is 4.79 Å². The van der Waals surface area contributed by atoms with E-state index in [-0.39, 0.29) is 18.7 Å². The zero-order chi connectivity index (χ0) is 13.8. The van der Waals surface area contributed by atoms with E-state index in [4.69, 9.17) is 9.26 Å². The molecule has 0 spiro atoms. The Bertz CT molecular complexity index is 430. The van der Waals surface area contributed by atoms with Gasteiger partial charge in [-0.1, -0.05) is 5.16 Å². The van der Waals surface area contributed by atoms with Crippen molar-refractivity contribution in [3.63, 3.8) is 0 Å². The summed E-state index contributed by atoms with van der Waals surface area (Å²) < 4.78 is 10.4. The molecular weight excluding hydrogens is 248 g/mol. The SMILES string of the molecule is CCOC(C)c1noc(CNC(=O)N(C)C2CC2)n1. The van der Waals surface area contributed by atoms with Crippen LogP contribution in [0.15, 0.2) is 4.52 Å². The molecule has 1 aromatic heterocycles. The molecule has 0 aliphatic heterocycles. The Morgan fingerprint density at radius 2 is 2.37 bits per heavy atom. The number of nitrogens with zero attached hydrogens (tertiary/aromatic N) is 3. The summed E-state index contributed by atoms with van der Waals surface area (Å²) >= 11 is 0. The molecule has 1 aliphatic carbocycles. The van der Waals surface area contributed by atoms with Gasteiger partial charge in [0.1, 0.15) is 6.10 Å². The Labute approximate surface area is 112 Å². The van der Waals surface area contributed by atoms with Crippen LogP contribution in [-0.2, 0) is 11.3 Å². The number of amides is 2. The van der Waals surface area contributed by atoms with E-state index in [0.717, 1.165) is 12.8 Å². The number of aromatic nitrogens is 2. The van der Waals surface area contributed by atoms with Gasteiger partial charge in [-0.2, -0.15) is 4.98 Å². The van der Waals surface area contributed by atoms with Crippen LogP contribution in [0, 0.1) is 0 Å². The minimum Gasteiger partial charge on any atom is -0.371 e. The van der Waals surface area contributed by atoms with Gasteiger partial charge in [-0.05, 0) is 26.7 Å². The number of nitrogens with one attached hydrogen (secondary N) is 1. The second-order valence-electron chi connectivity index (χ2n) is 4.64. The van der Waals surface area contributed by atoms with Crippen molar-refractivity contribution in [2.45, 2.75) is 45.4 Å². The van der Waals surface area contributed by atoms with Crippen LogP contribution in [0.3, 0.4) is 0 Å². The number of ether oxygens (including phenoxy) is 1. The highest BCUT2D eigenvalue weighted by Gasteiger charge is 2.29. The molecule has 106 valence electrons. The minimum absolute atomic E-state index is 0.111. The fourth-order valence-corrected chi connectivity index (χ4v) is 1.73. The second kappa shape index (κ2) is 6.01. The van der Waals surface area contributed by atoms with Crippen molar-refractivity contribution in [1.82, 2.24) is 20.4 Å². The highest BCUT2D eigenvalue weighted by molar-refractivity contribution is 5.74. The number of hydrogen-bond acceptors (Lipinski definition) is 5. The van der Waals surface area contributed by atoms with E-state index in [2.05, 4.69) is 15.5 Å². The van der Waals surface area contributed by atoms with Crippen molar-refractivity contribution in [3.05, 3.63) is 11.7 Å². The van der Waals surface area contributed by atoms with Gasteiger partial charge in [0.05, 0.1) is 6.54 Å². The third kappa shape index (κ3) is 3.66. The van der Waals surface area contributed by atoms with Crippen LogP contribution < -0.4 is 5.32 Å². The number of hydrogen-bond donors (Lipinski definition) is 1. The van der Waals surface area contributed by atoms with Crippen LogP contribution >= 0.6 is 0 Å². The van der Waals surface area contributed by atoms with Gasteiger partial charge >= 0.3 is 6.03 Å². The molecule has 1 heterocycles. The monoisotopic (exact) mass is 268 g/mol. The van der Waals surface area contributed by atoms with Crippen LogP contribution in [0.2, 0.25) is 0 Å². The van der Waals surface area contributed by atoms with E-state index >= 15 is 0 Å². The van der Waals surface area contributed by atoms with Crippen molar-refractivity contribution in [3.8, 4) is 0 Å². The summed E-state index contributed by atoms with van der Waals surface area (Å²) in [5.74, 6) is 0.890. The van der Waals surface area contributed by atoms with Crippen molar-refractivity contribution in [1.29, 1.82) is 0 Å². The fraction of sp³-hybridized carbons (Fsp3) is 0.750. The van der Waals surface area contributed by atoms with E-state index in [0.29, 0.717) is 24.4 Å². The standard InChI is InChI=1S/C12H20N4O3/c1-4-18-8(2)11-14-10(19-15-11)7-13-12(17)16(3)9-5-6-9/h8-9H,4-7H2,1-3H3,(H,13,17). The summed E-state index contributed by atoms with van der Waals surface area (Å²) in [6.45, 7) is 4.60. The zero-order valence-corrected chi connectivity index (χ0v) is 11.5. The Balaban J connectivity index is 1.81. The van der Waals surface area contributed by atoms with E-state index in [9.17, 15) is 4.79 Å². The average molecular weight is 268 g/mol. The number of carbonyl (C=O) groups excluding carboxylic acids is 1. The fourth-order valence-electron chi connectivity index (χ4n) is 1.73. The molecule has 7 heteroatoms. The molecule has 0 bridgehead atoms. The van der Waals surface area contributed by atoms with Crippen molar-refractivity contribution >= 4 is 6.03 Å². The largest absolute Gasteiger partial charge is 0.371 e. The molecule has 0 saturated heterocycles. The van der Waals surface area contributed by atoms with Crippen LogP contribution in [0.25, 0.3) is 0 Å². The van der Waals surface area contributed by atoms with Crippen molar-refractivity contribution in [2.75, 3.05) is 13.7 Å². The Hall–Kier alpha value is -1.63. The highest BCUT2D eigenvalue weighted by atomic mass is 16.5. The number of urea groups is 1. The Kier molecular flexibility index (Phi) is 4.36. The summed E-state index contributed by atoms with van der Waals surface area (Å²) in [7, 11) is 1.80. The van der Waals surface area contributed by atoms with E-state index in [1.165, 1.54) is 0 Å². The highest BCUT2D eigenvalue weighted by Crippen LogP contribution is 2.25. The first-order valence-electron chi connectivity index (χ1n) is 6.56. The van der Waals surface area contributed by atoms with Gasteiger partial charge in [0.2, 0.25) is 5.89 Å². The third-order valence-corrected chi connectivity index (χ3v) is 3.07. The number of carbonyl (C=O) groups is 1. The minimum atomic E-state index is -0.202. The molecule has 1 saturated carbocycles. The normalized spacial score (nSPS) is 16.2. The molecule has 1 aliphatic rings. The lowest BCUT2D eigenvalue weighted by Gasteiger charge is -2.15. The van der Waals surface area contributed by atoms with Gasteiger partial charge < -0.3 is 19.5 Å². The van der Waals surface area contributed by atoms with Crippen molar-refractivity contribution < 1.29 is 14.1 Å². The lowest BCUT2D eigenvalue weighted by Crippen LogP contribution is -2.38. The van der Waals surface area contributed by atoms with Gasteiger partial charge in [0, 0.05) is 19.7 Å². The maximum absolute atomic E-state index is 11.7. The summed E-state index contributed by atoms with van der Waals surface area (Å²) in [6, 6.07) is 0.274. The maximum Gasteiger partial charge on any atom is 0.317 e. The molecular formula is C12H20N4O3. The first kappa shape index (κ1) is 13.8. The average Bonchev–Trinajstić information content (AvgIpc) is 3.14. The summed E-state index contributed by atoms with van der Waals surface area (Å²) in [5, 5.41) is 6.58. The van der Waals surface area contributed by atoms with Gasteiger partial charge in [0.25, 0.3) is 0 Å². The summed E-state index contributed by atoms with van der Waals surface area (Å²) in [5.41, 5.74) is 0. The first-order chi connectivity index (χ1) is 9.11. The topological polar surface area (TPSA) is 80.5 Å². The molecule has 0 radical (unpaired) electrons. The van der Waals surface area contributed by atoms with E-state index in [1.807, 2.05) is 13.8 Å². The molecule has 2 rings (SSSR count). The van der Waals surface area contributed by atoms with Crippen LogP contribution in [0.5, 0.6) is 0 Å². The molecule has 1 unspecified atom stereocenters. The van der Waals surface area contributed by atoms with Gasteiger partial charge in [-0.15, -0.1) is 0 Å². The maximum atomic E-state index is 11.7. The molecule has 1 fully saturated rings. The molecule has 1 N–H and O–H groups in total. The lowest BCUT2D eigenvalue weighted by atomic mass is 10.4. The van der Waals surface area contributed by atoms with Crippen LogP contribution in [0.1, 0.15) is 44.5 Å². The molecule has 0 aromatic carbocycles. The van der Waals surface area contributed by atoms with Crippen LogP contribution in [0.4, 0.5) is 4.79 Å². The molecule has 2 amide bonds. The molecule has 1 aromatic rings. The lowest BCUT2D eigenvalue weighted by molar-refractivity contribution is 0.0683. The number of rotatable bonds is 6. The van der Waals surface area contributed by atoms with Gasteiger partial charge in [-0.3, -0.25) is 0 Å². The van der Waals surface area contributed by atoms with Crippen molar-refractivity contribution in [2.24, 2.45) is 0 Å². The smallest absolute Gasteiger partial charge is 0.317 e. The summed E-state index contributed by atoms with van der Waals surface area (Å²) in [6.07, 6.45) is 1.97. The van der Waals surface area contributed by atoms with Crippen LogP contribution in [-0.4, -0.2) is 40.8 Å².